The van der Waals surface area contributed by atoms with Crippen LogP contribution in [-0.4, -0.2) is 23.2 Å². The number of anilines is 2. The first-order chi connectivity index (χ1) is 7.72. The van der Waals surface area contributed by atoms with Gasteiger partial charge < -0.3 is 16.2 Å². The van der Waals surface area contributed by atoms with Crippen molar-refractivity contribution >= 4 is 44.9 Å². The number of halogens is 1. The number of benzene rings is 1. The summed E-state index contributed by atoms with van der Waals surface area (Å²) in [5, 5.41) is 12.9. The lowest BCUT2D eigenvalue weighted by molar-refractivity contribution is 0.311. The minimum Gasteiger partial charge on any atom is -0.396 e. The van der Waals surface area contributed by atoms with Gasteiger partial charge in [0.1, 0.15) is 0 Å². The molecule has 2 rings (SSSR count). The van der Waals surface area contributed by atoms with Crippen LogP contribution in [0, 0.1) is 3.57 Å². The molecule has 0 unspecified atom stereocenters. The smallest absolute Gasteiger partial charge is 0.0743 e. The predicted molar refractivity (Wildman–Crippen MR) is 74.4 cm³/mol. The standard InChI is InChI=1S/C11H12IN3O/c12-7-1-2-10-8(5-7)11(14-3-4-16)9(13)6-15-10/h1-2,5-6,16H,3-4,13H2,(H,14,15). The SMILES string of the molecule is Nc1cnc2ccc(I)cc2c1NCCO. The van der Waals surface area contributed by atoms with Gasteiger partial charge in [0.2, 0.25) is 0 Å². The van der Waals surface area contributed by atoms with Crippen LogP contribution in [0.5, 0.6) is 0 Å². The molecule has 1 aromatic carbocycles. The van der Waals surface area contributed by atoms with E-state index >= 15 is 0 Å². The van der Waals surface area contributed by atoms with Gasteiger partial charge >= 0.3 is 0 Å². The van der Waals surface area contributed by atoms with Crippen LogP contribution in [0.2, 0.25) is 0 Å². The first-order valence-electron chi connectivity index (χ1n) is 4.91. The topological polar surface area (TPSA) is 71.2 Å². The average Bonchev–Trinajstić information content (AvgIpc) is 2.28. The molecule has 0 amide bonds. The van der Waals surface area contributed by atoms with Crippen LogP contribution in [0.1, 0.15) is 0 Å². The van der Waals surface area contributed by atoms with E-state index in [-0.39, 0.29) is 6.61 Å². The van der Waals surface area contributed by atoms with E-state index in [0.717, 1.165) is 20.2 Å². The summed E-state index contributed by atoms with van der Waals surface area (Å²) in [7, 11) is 0. The van der Waals surface area contributed by atoms with E-state index in [1.807, 2.05) is 18.2 Å². The second-order valence-electron chi connectivity index (χ2n) is 3.40. The van der Waals surface area contributed by atoms with Crippen LogP contribution in [0.3, 0.4) is 0 Å². The highest BCUT2D eigenvalue weighted by Gasteiger charge is 2.06. The van der Waals surface area contributed by atoms with Crippen molar-refractivity contribution < 1.29 is 5.11 Å². The molecule has 0 spiro atoms. The minimum absolute atomic E-state index is 0.0766. The molecule has 4 N–H and O–H groups in total. The number of aliphatic hydroxyl groups excluding tert-OH is 1. The zero-order valence-electron chi connectivity index (χ0n) is 8.57. The molecule has 0 aliphatic carbocycles. The molecule has 1 aromatic heterocycles. The van der Waals surface area contributed by atoms with Gasteiger partial charge in [0.25, 0.3) is 0 Å². The van der Waals surface area contributed by atoms with E-state index < -0.39 is 0 Å². The number of nitrogens with zero attached hydrogens (tertiary/aromatic N) is 1. The van der Waals surface area contributed by atoms with Gasteiger partial charge in [0.05, 0.1) is 29.7 Å². The quantitative estimate of drug-likeness (QED) is 0.752. The number of fused-ring (bicyclic) bond motifs is 1. The normalized spacial score (nSPS) is 10.6. The Balaban J connectivity index is 2.58. The van der Waals surface area contributed by atoms with Crippen LogP contribution in [0.15, 0.2) is 24.4 Å². The van der Waals surface area contributed by atoms with Gasteiger partial charge in [-0.1, -0.05) is 0 Å². The summed E-state index contributed by atoms with van der Waals surface area (Å²) < 4.78 is 1.13. The monoisotopic (exact) mass is 329 g/mol. The molecule has 4 nitrogen and oxygen atoms in total. The first kappa shape index (κ1) is 11.4. The molecule has 0 atom stereocenters. The maximum absolute atomic E-state index is 8.82. The largest absolute Gasteiger partial charge is 0.396 e. The zero-order valence-corrected chi connectivity index (χ0v) is 10.7. The van der Waals surface area contributed by atoms with Gasteiger partial charge in [-0.25, -0.2) is 0 Å². The zero-order chi connectivity index (χ0) is 11.5. The highest BCUT2D eigenvalue weighted by Crippen LogP contribution is 2.28. The highest BCUT2D eigenvalue weighted by atomic mass is 127. The van der Waals surface area contributed by atoms with E-state index in [1.54, 1.807) is 6.20 Å². The van der Waals surface area contributed by atoms with Crippen molar-refractivity contribution in [2.24, 2.45) is 0 Å². The Bertz CT molecular complexity index is 511. The lowest BCUT2D eigenvalue weighted by atomic mass is 10.1. The number of rotatable bonds is 3. The summed E-state index contributed by atoms with van der Waals surface area (Å²) in [6.45, 7) is 0.558. The Morgan fingerprint density at radius 1 is 1.44 bits per heavy atom. The summed E-state index contributed by atoms with van der Waals surface area (Å²) in [5.74, 6) is 0. The summed E-state index contributed by atoms with van der Waals surface area (Å²) in [6.07, 6.45) is 1.63. The Labute approximate surface area is 107 Å². The molecular weight excluding hydrogens is 317 g/mol. The molecule has 0 aliphatic heterocycles. The number of nitrogens with two attached hydrogens (primary N) is 1. The predicted octanol–water partition coefficient (Wildman–Crippen LogP) is 1.83. The molecule has 0 aliphatic rings. The summed E-state index contributed by atoms with van der Waals surface area (Å²) in [6, 6.07) is 5.99. The molecule has 0 saturated carbocycles. The summed E-state index contributed by atoms with van der Waals surface area (Å²) in [4.78, 5) is 4.26. The molecule has 1 heterocycles. The molecular formula is C11H12IN3O. The average molecular weight is 329 g/mol. The fourth-order valence-electron chi connectivity index (χ4n) is 1.56. The van der Waals surface area contributed by atoms with E-state index in [9.17, 15) is 0 Å². The number of aliphatic hydroxyl groups is 1. The van der Waals surface area contributed by atoms with Crippen LogP contribution in [0.25, 0.3) is 10.9 Å². The summed E-state index contributed by atoms with van der Waals surface area (Å²) in [5.41, 5.74) is 8.21. The Morgan fingerprint density at radius 3 is 3.00 bits per heavy atom. The Hall–Kier alpha value is -1.08. The third-order valence-electron chi connectivity index (χ3n) is 2.27. The maximum atomic E-state index is 8.82. The van der Waals surface area contributed by atoms with Crippen molar-refractivity contribution in [3.63, 3.8) is 0 Å². The van der Waals surface area contributed by atoms with E-state index in [4.69, 9.17) is 10.8 Å². The van der Waals surface area contributed by atoms with Crippen molar-refractivity contribution in [1.29, 1.82) is 0 Å². The highest BCUT2D eigenvalue weighted by molar-refractivity contribution is 14.1. The molecule has 84 valence electrons. The van der Waals surface area contributed by atoms with Gasteiger partial charge in [-0.2, -0.15) is 0 Å². The van der Waals surface area contributed by atoms with Crippen LogP contribution in [-0.2, 0) is 0 Å². The maximum Gasteiger partial charge on any atom is 0.0743 e. The van der Waals surface area contributed by atoms with Gasteiger partial charge in [0, 0.05) is 15.5 Å². The third-order valence-corrected chi connectivity index (χ3v) is 2.94. The van der Waals surface area contributed by atoms with Crippen molar-refractivity contribution in [3.05, 3.63) is 28.0 Å². The van der Waals surface area contributed by atoms with Crippen molar-refractivity contribution in [1.82, 2.24) is 4.98 Å². The number of hydrogen-bond acceptors (Lipinski definition) is 4. The second kappa shape index (κ2) is 4.84. The lowest BCUT2D eigenvalue weighted by Crippen LogP contribution is -2.08. The molecule has 0 fully saturated rings. The number of aromatic nitrogens is 1. The number of pyridine rings is 1. The second-order valence-corrected chi connectivity index (χ2v) is 4.65. The summed E-state index contributed by atoms with van der Waals surface area (Å²) >= 11 is 2.25. The van der Waals surface area contributed by atoms with Crippen LogP contribution < -0.4 is 11.1 Å². The number of nitrogen functional groups attached to an aromatic ring is 1. The van der Waals surface area contributed by atoms with Crippen LogP contribution in [0.4, 0.5) is 11.4 Å². The Morgan fingerprint density at radius 2 is 2.25 bits per heavy atom. The van der Waals surface area contributed by atoms with Gasteiger partial charge in [0.15, 0.2) is 0 Å². The van der Waals surface area contributed by atoms with E-state index in [2.05, 4.69) is 32.9 Å². The minimum atomic E-state index is 0.0766. The van der Waals surface area contributed by atoms with Gasteiger partial charge in [-0.05, 0) is 40.8 Å². The third kappa shape index (κ3) is 2.19. The molecule has 0 saturated heterocycles. The fourth-order valence-corrected chi connectivity index (χ4v) is 2.05. The van der Waals surface area contributed by atoms with Gasteiger partial charge in [-0.15, -0.1) is 0 Å². The molecule has 0 radical (unpaired) electrons. The number of hydrogen-bond donors (Lipinski definition) is 3. The van der Waals surface area contributed by atoms with Crippen LogP contribution >= 0.6 is 22.6 Å². The van der Waals surface area contributed by atoms with Crippen molar-refractivity contribution in [3.8, 4) is 0 Å². The van der Waals surface area contributed by atoms with Crippen molar-refractivity contribution in [2.75, 3.05) is 24.2 Å². The molecule has 0 bridgehead atoms. The lowest BCUT2D eigenvalue weighted by Gasteiger charge is -2.11. The fraction of sp³-hybridized carbons (Fsp3) is 0.182. The first-order valence-corrected chi connectivity index (χ1v) is 5.98. The van der Waals surface area contributed by atoms with E-state index in [0.29, 0.717) is 12.2 Å². The van der Waals surface area contributed by atoms with E-state index in [1.165, 1.54) is 0 Å². The number of nitrogens with one attached hydrogen (secondary N) is 1. The Kier molecular flexibility index (Phi) is 3.45. The molecule has 2 aromatic rings. The van der Waals surface area contributed by atoms with Gasteiger partial charge in [-0.3, -0.25) is 4.98 Å². The molecule has 16 heavy (non-hydrogen) atoms. The molecule has 5 heteroatoms. The van der Waals surface area contributed by atoms with Crippen molar-refractivity contribution in [2.45, 2.75) is 0 Å².